The van der Waals surface area contributed by atoms with Crippen molar-refractivity contribution in [1.82, 2.24) is 15.1 Å². The molecule has 2 aliphatic rings. The SMILES string of the molecule is CC(=O)OC(C(=O)N1CCC2(CC1)NCC(=O)N2Cc1cccc(C#N)c1)c1ccccc1. The fourth-order valence-corrected chi connectivity index (χ4v) is 4.60. The molecular formula is C25H26N4O4. The molecule has 0 saturated carbocycles. The number of piperidine rings is 1. The molecule has 2 heterocycles. The summed E-state index contributed by atoms with van der Waals surface area (Å²) in [6, 6.07) is 18.4. The van der Waals surface area contributed by atoms with Crippen molar-refractivity contribution in [3.05, 3.63) is 71.3 Å². The molecule has 0 aliphatic carbocycles. The van der Waals surface area contributed by atoms with E-state index in [1.807, 2.05) is 23.1 Å². The fraction of sp³-hybridized carbons (Fsp3) is 0.360. The van der Waals surface area contributed by atoms with E-state index in [-0.39, 0.29) is 18.4 Å². The summed E-state index contributed by atoms with van der Waals surface area (Å²) in [6.07, 6.45) is 0.134. The number of carbonyl (C=O) groups excluding carboxylic acids is 3. The molecule has 1 atom stereocenters. The van der Waals surface area contributed by atoms with Gasteiger partial charge in [0, 0.05) is 45.0 Å². The Balaban J connectivity index is 1.48. The lowest BCUT2D eigenvalue weighted by Gasteiger charge is -2.45. The largest absolute Gasteiger partial charge is 0.447 e. The molecule has 1 N–H and O–H groups in total. The van der Waals surface area contributed by atoms with Gasteiger partial charge in [-0.1, -0.05) is 42.5 Å². The minimum atomic E-state index is -0.985. The minimum Gasteiger partial charge on any atom is -0.447 e. The maximum Gasteiger partial charge on any atom is 0.303 e. The Kier molecular flexibility index (Phi) is 6.43. The average Bonchev–Trinajstić information content (AvgIpc) is 3.13. The number of amides is 2. The Morgan fingerprint density at radius 1 is 1.15 bits per heavy atom. The van der Waals surface area contributed by atoms with Crippen LogP contribution in [0, 0.1) is 11.3 Å². The van der Waals surface area contributed by atoms with Crippen LogP contribution in [-0.2, 0) is 25.7 Å². The van der Waals surface area contributed by atoms with Gasteiger partial charge in [-0.3, -0.25) is 19.7 Å². The Morgan fingerprint density at radius 2 is 1.88 bits per heavy atom. The molecule has 2 aromatic carbocycles. The van der Waals surface area contributed by atoms with E-state index < -0.39 is 17.7 Å². The summed E-state index contributed by atoms with van der Waals surface area (Å²) in [5.74, 6) is -0.775. The first kappa shape index (κ1) is 22.5. The van der Waals surface area contributed by atoms with E-state index in [0.29, 0.717) is 43.6 Å². The topological polar surface area (TPSA) is 103 Å². The Bertz CT molecular complexity index is 1090. The summed E-state index contributed by atoms with van der Waals surface area (Å²) >= 11 is 0. The van der Waals surface area contributed by atoms with E-state index in [0.717, 1.165) is 5.56 Å². The number of hydrogen-bond acceptors (Lipinski definition) is 6. The van der Waals surface area contributed by atoms with Gasteiger partial charge in [-0.2, -0.15) is 5.26 Å². The van der Waals surface area contributed by atoms with Crippen molar-refractivity contribution >= 4 is 17.8 Å². The van der Waals surface area contributed by atoms with E-state index in [4.69, 9.17) is 10.00 Å². The lowest BCUT2D eigenvalue weighted by molar-refractivity contribution is -0.161. The Labute approximate surface area is 192 Å². The summed E-state index contributed by atoms with van der Waals surface area (Å²) in [7, 11) is 0. The first-order valence-electron chi connectivity index (χ1n) is 11.0. The third kappa shape index (κ3) is 4.73. The number of rotatable bonds is 5. The van der Waals surface area contributed by atoms with Gasteiger partial charge < -0.3 is 14.5 Å². The third-order valence-corrected chi connectivity index (χ3v) is 6.30. The number of ether oxygens (including phenoxy) is 1. The van der Waals surface area contributed by atoms with Gasteiger partial charge in [0.15, 0.2) is 0 Å². The van der Waals surface area contributed by atoms with E-state index in [9.17, 15) is 14.4 Å². The second-order valence-corrected chi connectivity index (χ2v) is 8.40. The molecule has 8 nitrogen and oxygen atoms in total. The van der Waals surface area contributed by atoms with E-state index in [1.54, 1.807) is 41.3 Å². The number of nitriles is 1. The van der Waals surface area contributed by atoms with Crippen LogP contribution in [0.1, 0.15) is 42.6 Å². The van der Waals surface area contributed by atoms with Crippen molar-refractivity contribution in [2.24, 2.45) is 0 Å². The number of hydrogen-bond donors (Lipinski definition) is 1. The van der Waals surface area contributed by atoms with E-state index in [1.165, 1.54) is 6.92 Å². The lowest BCUT2D eigenvalue weighted by atomic mass is 9.94. The number of esters is 1. The molecule has 2 fully saturated rings. The quantitative estimate of drug-likeness (QED) is 0.706. The second kappa shape index (κ2) is 9.43. The molecule has 0 aromatic heterocycles. The molecule has 2 aliphatic heterocycles. The smallest absolute Gasteiger partial charge is 0.303 e. The Morgan fingerprint density at radius 3 is 2.55 bits per heavy atom. The van der Waals surface area contributed by atoms with Gasteiger partial charge in [-0.05, 0) is 17.7 Å². The summed E-state index contributed by atoms with van der Waals surface area (Å²) in [5.41, 5.74) is 1.54. The molecule has 2 saturated heterocycles. The first-order chi connectivity index (χ1) is 15.9. The van der Waals surface area contributed by atoms with Gasteiger partial charge in [0.1, 0.15) is 0 Å². The summed E-state index contributed by atoms with van der Waals surface area (Å²) in [6.45, 7) is 2.79. The number of nitrogens with zero attached hydrogens (tertiary/aromatic N) is 3. The number of benzene rings is 2. The molecule has 33 heavy (non-hydrogen) atoms. The van der Waals surface area contributed by atoms with Gasteiger partial charge in [0.25, 0.3) is 5.91 Å². The molecule has 2 aromatic rings. The van der Waals surface area contributed by atoms with Gasteiger partial charge in [0.05, 0.1) is 23.8 Å². The van der Waals surface area contributed by atoms with Crippen LogP contribution in [0.2, 0.25) is 0 Å². The van der Waals surface area contributed by atoms with Crippen molar-refractivity contribution in [3.8, 4) is 6.07 Å². The van der Waals surface area contributed by atoms with Crippen molar-refractivity contribution in [3.63, 3.8) is 0 Å². The maximum absolute atomic E-state index is 13.3. The van der Waals surface area contributed by atoms with Gasteiger partial charge in [-0.15, -0.1) is 0 Å². The monoisotopic (exact) mass is 446 g/mol. The van der Waals surface area contributed by atoms with Gasteiger partial charge in [0.2, 0.25) is 12.0 Å². The van der Waals surface area contributed by atoms with Crippen LogP contribution < -0.4 is 5.32 Å². The van der Waals surface area contributed by atoms with Crippen LogP contribution in [0.25, 0.3) is 0 Å². The zero-order valence-corrected chi connectivity index (χ0v) is 18.5. The van der Waals surface area contributed by atoms with E-state index >= 15 is 0 Å². The molecule has 2 amide bonds. The molecule has 8 heteroatoms. The van der Waals surface area contributed by atoms with Crippen LogP contribution >= 0.6 is 0 Å². The normalized spacial score (nSPS) is 18.1. The molecule has 0 bridgehead atoms. The predicted molar refractivity (Wildman–Crippen MR) is 119 cm³/mol. The summed E-state index contributed by atoms with van der Waals surface area (Å²) in [5, 5.41) is 12.5. The van der Waals surface area contributed by atoms with Gasteiger partial charge in [-0.25, -0.2) is 0 Å². The zero-order valence-electron chi connectivity index (χ0n) is 18.5. The van der Waals surface area contributed by atoms with Crippen LogP contribution in [0.4, 0.5) is 0 Å². The fourth-order valence-electron chi connectivity index (χ4n) is 4.60. The highest BCUT2D eigenvalue weighted by atomic mass is 16.5. The summed E-state index contributed by atoms with van der Waals surface area (Å²) < 4.78 is 5.37. The van der Waals surface area contributed by atoms with E-state index in [2.05, 4.69) is 11.4 Å². The molecular weight excluding hydrogens is 420 g/mol. The number of carbonyl (C=O) groups is 3. The maximum atomic E-state index is 13.3. The predicted octanol–water partition coefficient (Wildman–Crippen LogP) is 2.11. The summed E-state index contributed by atoms with van der Waals surface area (Å²) in [4.78, 5) is 41.1. The standard InChI is InChI=1S/C25H26N4O4/c1-18(30)33-23(21-8-3-2-4-9-21)24(32)28-12-10-25(11-13-28)27-16-22(31)29(25)17-20-7-5-6-19(14-20)15-26/h2-9,14,23,27H,10-13,16-17H2,1H3. The van der Waals surface area contributed by atoms with Crippen LogP contribution in [0.15, 0.2) is 54.6 Å². The van der Waals surface area contributed by atoms with Crippen LogP contribution in [0.3, 0.4) is 0 Å². The average molecular weight is 447 g/mol. The highest BCUT2D eigenvalue weighted by molar-refractivity contribution is 5.85. The van der Waals surface area contributed by atoms with Crippen molar-refractivity contribution in [2.75, 3.05) is 19.6 Å². The highest BCUT2D eigenvalue weighted by Gasteiger charge is 2.47. The van der Waals surface area contributed by atoms with Crippen LogP contribution in [-0.4, -0.2) is 52.9 Å². The highest BCUT2D eigenvalue weighted by Crippen LogP contribution is 2.33. The number of nitrogens with one attached hydrogen (secondary N) is 1. The van der Waals surface area contributed by atoms with Crippen molar-refractivity contribution < 1.29 is 19.1 Å². The molecule has 4 rings (SSSR count). The molecule has 170 valence electrons. The van der Waals surface area contributed by atoms with Crippen molar-refractivity contribution in [2.45, 2.75) is 38.1 Å². The van der Waals surface area contributed by atoms with Crippen molar-refractivity contribution in [1.29, 1.82) is 5.26 Å². The minimum absolute atomic E-state index is 0.000729. The number of likely N-dealkylation sites (tertiary alicyclic amines) is 1. The molecule has 0 radical (unpaired) electrons. The van der Waals surface area contributed by atoms with Gasteiger partial charge >= 0.3 is 5.97 Å². The molecule has 1 unspecified atom stereocenters. The zero-order chi connectivity index (χ0) is 23.4. The lowest BCUT2D eigenvalue weighted by Crippen LogP contribution is -2.59. The molecule has 1 spiro atoms. The second-order valence-electron chi connectivity index (χ2n) is 8.40. The van der Waals surface area contributed by atoms with Crippen LogP contribution in [0.5, 0.6) is 0 Å². The first-order valence-corrected chi connectivity index (χ1v) is 11.0. The third-order valence-electron chi connectivity index (χ3n) is 6.30. The Hall–Kier alpha value is -3.70.